The van der Waals surface area contributed by atoms with Crippen molar-refractivity contribution in [2.45, 2.75) is 6.92 Å². The summed E-state index contributed by atoms with van der Waals surface area (Å²) in [7, 11) is 1.30. The van der Waals surface area contributed by atoms with Crippen LogP contribution in [0.2, 0.25) is 10.0 Å². The van der Waals surface area contributed by atoms with Crippen LogP contribution in [-0.2, 0) is 4.74 Å². The Morgan fingerprint density at radius 3 is 2.72 bits per heavy atom. The lowest BCUT2D eigenvalue weighted by atomic mass is 10.2. The molecule has 8 heteroatoms. The third-order valence-electron chi connectivity index (χ3n) is 3.57. The van der Waals surface area contributed by atoms with Gasteiger partial charge in [0, 0.05) is 0 Å². The van der Waals surface area contributed by atoms with Crippen LogP contribution >= 0.6 is 34.5 Å². The molecular weight excluding hydrogens is 383 g/mol. The van der Waals surface area contributed by atoms with E-state index in [1.54, 1.807) is 37.3 Å². The van der Waals surface area contributed by atoms with E-state index in [1.165, 1.54) is 7.11 Å². The average molecular weight is 395 g/mol. The van der Waals surface area contributed by atoms with Gasteiger partial charge in [-0.25, -0.2) is 9.78 Å². The molecule has 0 radical (unpaired) electrons. The van der Waals surface area contributed by atoms with Gasteiger partial charge in [-0.2, -0.15) is 0 Å². The summed E-state index contributed by atoms with van der Waals surface area (Å²) in [5.74, 6) is -0.103. The molecule has 0 aliphatic rings. The number of aryl methyl sites for hydroxylation is 1. The summed E-state index contributed by atoms with van der Waals surface area (Å²) < 4.78 is 4.74. The van der Waals surface area contributed by atoms with E-state index in [2.05, 4.69) is 9.97 Å². The van der Waals surface area contributed by atoms with Gasteiger partial charge in [-0.1, -0.05) is 35.3 Å². The Balaban J connectivity index is 2.03. The molecule has 5 nitrogen and oxygen atoms in total. The Labute approximate surface area is 156 Å². The van der Waals surface area contributed by atoms with Gasteiger partial charge in [0.15, 0.2) is 0 Å². The number of hydrogen-bond donors (Lipinski definition) is 1. The minimum absolute atomic E-state index is 0.303. The molecule has 25 heavy (non-hydrogen) atoms. The van der Waals surface area contributed by atoms with E-state index >= 15 is 0 Å². The van der Waals surface area contributed by atoms with E-state index in [9.17, 15) is 9.59 Å². The smallest absolute Gasteiger partial charge is 0.348 e. The number of H-pyrrole nitrogens is 1. The van der Waals surface area contributed by atoms with E-state index in [-0.39, 0.29) is 5.56 Å². The highest BCUT2D eigenvalue weighted by Gasteiger charge is 2.19. The zero-order chi connectivity index (χ0) is 18.1. The lowest BCUT2D eigenvalue weighted by molar-refractivity contribution is 0.0605. The molecule has 128 valence electrons. The van der Waals surface area contributed by atoms with Gasteiger partial charge in [-0.05, 0) is 36.3 Å². The number of methoxy groups -OCH3 is 1. The van der Waals surface area contributed by atoms with Gasteiger partial charge in [0.1, 0.15) is 15.5 Å². The van der Waals surface area contributed by atoms with E-state index in [4.69, 9.17) is 27.9 Å². The number of carbonyl (C=O) groups excluding carboxylic acids is 1. The molecule has 0 bridgehead atoms. The molecule has 2 heterocycles. The third-order valence-corrected chi connectivity index (χ3v) is 5.47. The Bertz CT molecular complexity index is 1070. The number of ether oxygens (including phenoxy) is 1. The average Bonchev–Trinajstić information content (AvgIpc) is 2.92. The number of nitrogens with zero attached hydrogens (tertiary/aromatic N) is 1. The van der Waals surface area contributed by atoms with Crippen LogP contribution in [0, 0.1) is 6.92 Å². The first-order valence-corrected chi connectivity index (χ1v) is 8.73. The van der Waals surface area contributed by atoms with Gasteiger partial charge in [0.05, 0.1) is 22.5 Å². The first-order chi connectivity index (χ1) is 11.9. The van der Waals surface area contributed by atoms with Gasteiger partial charge in [-0.3, -0.25) is 4.79 Å². The van der Waals surface area contributed by atoms with Crippen molar-refractivity contribution in [3.63, 3.8) is 0 Å². The fourth-order valence-electron chi connectivity index (χ4n) is 2.32. The topological polar surface area (TPSA) is 72.0 Å². The van der Waals surface area contributed by atoms with Crippen molar-refractivity contribution in [1.82, 2.24) is 9.97 Å². The summed E-state index contributed by atoms with van der Waals surface area (Å²) in [5, 5.41) is 1.31. The first-order valence-electron chi connectivity index (χ1n) is 7.15. The summed E-state index contributed by atoms with van der Waals surface area (Å²) in [5.41, 5.74) is 1.08. The number of carbonyl (C=O) groups is 1. The van der Waals surface area contributed by atoms with Crippen molar-refractivity contribution in [2.75, 3.05) is 7.11 Å². The second-order valence-corrected chi connectivity index (χ2v) is 7.00. The highest BCUT2D eigenvalue weighted by molar-refractivity contribution is 7.20. The zero-order valence-electron chi connectivity index (χ0n) is 13.2. The number of halogens is 2. The molecule has 0 atom stereocenters. The third kappa shape index (κ3) is 3.46. The van der Waals surface area contributed by atoms with Crippen molar-refractivity contribution in [1.29, 1.82) is 0 Å². The highest BCUT2D eigenvalue weighted by atomic mass is 35.5. The van der Waals surface area contributed by atoms with Crippen molar-refractivity contribution in [2.24, 2.45) is 0 Å². The van der Waals surface area contributed by atoms with Crippen molar-refractivity contribution in [3.8, 4) is 0 Å². The van der Waals surface area contributed by atoms with E-state index in [0.29, 0.717) is 36.5 Å². The summed E-state index contributed by atoms with van der Waals surface area (Å²) >= 11 is 13.0. The molecule has 1 aromatic carbocycles. The predicted octanol–water partition coefficient (Wildman–Crippen LogP) is 4.56. The maximum Gasteiger partial charge on any atom is 0.348 e. The number of rotatable bonds is 3. The Morgan fingerprint density at radius 1 is 1.28 bits per heavy atom. The largest absolute Gasteiger partial charge is 0.465 e. The van der Waals surface area contributed by atoms with Crippen LogP contribution in [0.15, 0.2) is 23.0 Å². The first kappa shape index (κ1) is 17.7. The molecule has 3 aromatic rings. The van der Waals surface area contributed by atoms with E-state index in [1.807, 2.05) is 0 Å². The maximum atomic E-state index is 12.3. The van der Waals surface area contributed by atoms with Gasteiger partial charge in [0.25, 0.3) is 5.56 Å². The van der Waals surface area contributed by atoms with Crippen LogP contribution in [0.3, 0.4) is 0 Å². The van der Waals surface area contributed by atoms with Gasteiger partial charge in [0.2, 0.25) is 0 Å². The highest BCUT2D eigenvalue weighted by Crippen LogP contribution is 2.28. The number of benzene rings is 1. The molecule has 0 aliphatic heterocycles. The van der Waals surface area contributed by atoms with Crippen molar-refractivity contribution >= 4 is 62.9 Å². The summed E-state index contributed by atoms with van der Waals surface area (Å²) in [6.07, 6.45) is 3.42. The summed E-state index contributed by atoms with van der Waals surface area (Å²) in [4.78, 5) is 32.1. The minimum atomic E-state index is -0.479. The van der Waals surface area contributed by atoms with E-state index in [0.717, 1.165) is 16.9 Å². The molecule has 1 N–H and O–H groups in total. The molecule has 0 fully saturated rings. The minimum Gasteiger partial charge on any atom is -0.465 e. The van der Waals surface area contributed by atoms with Crippen LogP contribution in [0.25, 0.3) is 22.4 Å². The van der Waals surface area contributed by atoms with E-state index < -0.39 is 5.97 Å². The molecule has 0 spiro atoms. The molecule has 0 amide bonds. The normalized spacial score (nSPS) is 11.4. The van der Waals surface area contributed by atoms with Gasteiger partial charge in [-0.15, -0.1) is 11.3 Å². The number of aromatic nitrogens is 2. The molecule has 3 rings (SSSR count). The van der Waals surface area contributed by atoms with Crippen LogP contribution in [0.5, 0.6) is 0 Å². The Morgan fingerprint density at radius 2 is 2.04 bits per heavy atom. The zero-order valence-corrected chi connectivity index (χ0v) is 15.6. The molecule has 0 saturated carbocycles. The number of thiophene rings is 1. The second-order valence-electron chi connectivity index (χ2n) is 5.19. The Hall–Kier alpha value is -2.15. The number of aromatic amines is 1. The molecule has 0 saturated heterocycles. The quantitative estimate of drug-likeness (QED) is 0.660. The Kier molecular flexibility index (Phi) is 4.94. The SMILES string of the molecule is COC(=O)c1sc2nc(/C=C/c3ccc(Cl)c(Cl)c3)[nH]c(=O)c2c1C. The maximum absolute atomic E-state index is 12.3. The molecule has 2 aromatic heterocycles. The summed E-state index contributed by atoms with van der Waals surface area (Å²) in [6, 6.07) is 5.20. The van der Waals surface area contributed by atoms with Gasteiger partial charge >= 0.3 is 5.97 Å². The molecule has 0 unspecified atom stereocenters. The van der Waals surface area contributed by atoms with Crippen LogP contribution < -0.4 is 5.56 Å². The molecule has 0 aliphatic carbocycles. The predicted molar refractivity (Wildman–Crippen MR) is 102 cm³/mol. The fraction of sp³-hybridized carbons (Fsp3) is 0.118. The number of esters is 1. The van der Waals surface area contributed by atoms with Crippen LogP contribution in [0.4, 0.5) is 0 Å². The monoisotopic (exact) mass is 394 g/mol. The second kappa shape index (κ2) is 7.00. The van der Waals surface area contributed by atoms with Crippen molar-refractivity contribution in [3.05, 3.63) is 60.4 Å². The number of hydrogen-bond acceptors (Lipinski definition) is 5. The number of fused-ring (bicyclic) bond motifs is 1. The van der Waals surface area contributed by atoms with Gasteiger partial charge < -0.3 is 9.72 Å². The lowest BCUT2D eigenvalue weighted by Crippen LogP contribution is -2.09. The lowest BCUT2D eigenvalue weighted by Gasteiger charge is -1.98. The van der Waals surface area contributed by atoms with Crippen molar-refractivity contribution < 1.29 is 9.53 Å². The molecular formula is C17H12Cl2N2O3S. The van der Waals surface area contributed by atoms with Crippen LogP contribution in [0.1, 0.15) is 26.6 Å². The number of nitrogens with one attached hydrogen (secondary N) is 1. The van der Waals surface area contributed by atoms with Crippen LogP contribution in [-0.4, -0.2) is 23.0 Å². The fourth-order valence-corrected chi connectivity index (χ4v) is 3.73. The standard InChI is InChI=1S/C17H12Cl2N2O3S/c1-8-13-15(22)20-12(21-16(13)25-14(8)17(23)24-2)6-4-9-3-5-10(18)11(19)7-9/h3-7H,1-2H3,(H,20,21,22)/b6-4+. The summed E-state index contributed by atoms with van der Waals surface area (Å²) in [6.45, 7) is 1.70.